The van der Waals surface area contributed by atoms with E-state index in [0.717, 1.165) is 18.4 Å². The molecule has 1 fully saturated rings. The Kier molecular flexibility index (Phi) is 9.09. The number of benzene rings is 2. The molecule has 0 aliphatic carbocycles. The number of rotatable bonds is 9. The smallest absolute Gasteiger partial charge is 0.251 e. The van der Waals surface area contributed by atoms with Gasteiger partial charge in [0, 0.05) is 37.5 Å². The molecule has 2 N–H and O–H groups in total. The van der Waals surface area contributed by atoms with Crippen molar-refractivity contribution in [2.75, 3.05) is 25.1 Å². The van der Waals surface area contributed by atoms with E-state index >= 15 is 0 Å². The van der Waals surface area contributed by atoms with Crippen molar-refractivity contribution in [2.24, 2.45) is 0 Å². The molecule has 0 aromatic heterocycles. The fraction of sp³-hybridized carbons (Fsp3) is 0.391. The minimum Gasteiger partial charge on any atom is -0.350 e. The number of carbonyl (C=O) groups is 2. The lowest BCUT2D eigenvalue weighted by Gasteiger charge is -2.22. The summed E-state index contributed by atoms with van der Waals surface area (Å²) in [6, 6.07) is 6.63. The molecular formula is C23H25Cl2F2N3O4S. The molecule has 3 rings (SSSR count). The van der Waals surface area contributed by atoms with Crippen LogP contribution in [-0.2, 0) is 21.2 Å². The Morgan fingerprint density at radius 3 is 2.51 bits per heavy atom. The first-order valence-corrected chi connectivity index (χ1v) is 13.6. The number of nitrogens with zero attached hydrogens (tertiary/aromatic N) is 1. The maximum absolute atomic E-state index is 13.5. The molecule has 0 spiro atoms. The van der Waals surface area contributed by atoms with E-state index in [0.29, 0.717) is 31.6 Å². The summed E-state index contributed by atoms with van der Waals surface area (Å²) in [6.07, 6.45) is 1.55. The van der Waals surface area contributed by atoms with E-state index in [1.165, 1.54) is 24.3 Å². The summed E-state index contributed by atoms with van der Waals surface area (Å²) in [5.41, 5.74) is 0.783. The monoisotopic (exact) mass is 547 g/mol. The summed E-state index contributed by atoms with van der Waals surface area (Å²) < 4.78 is 50.0. The zero-order valence-corrected chi connectivity index (χ0v) is 21.2. The van der Waals surface area contributed by atoms with Gasteiger partial charge in [-0.05, 0) is 48.7 Å². The minimum absolute atomic E-state index is 0.108. The predicted molar refractivity (Wildman–Crippen MR) is 130 cm³/mol. The second-order valence-corrected chi connectivity index (χ2v) is 11.6. The summed E-state index contributed by atoms with van der Waals surface area (Å²) in [4.78, 5) is 27.6. The normalized spacial score (nSPS) is 17.2. The van der Waals surface area contributed by atoms with Gasteiger partial charge in [0.25, 0.3) is 5.91 Å². The van der Waals surface area contributed by atoms with Gasteiger partial charge in [0.05, 0.1) is 15.8 Å². The van der Waals surface area contributed by atoms with Crippen molar-refractivity contribution in [1.82, 2.24) is 15.5 Å². The van der Waals surface area contributed by atoms with Crippen molar-refractivity contribution >= 4 is 44.9 Å². The van der Waals surface area contributed by atoms with E-state index in [2.05, 4.69) is 10.6 Å². The number of nitrogens with one attached hydrogen (secondary N) is 2. The fourth-order valence-corrected chi connectivity index (χ4v) is 4.73. The van der Waals surface area contributed by atoms with Crippen LogP contribution in [0.5, 0.6) is 0 Å². The highest BCUT2D eigenvalue weighted by Crippen LogP contribution is 2.22. The van der Waals surface area contributed by atoms with Crippen LogP contribution in [0.25, 0.3) is 0 Å². The van der Waals surface area contributed by atoms with Gasteiger partial charge in [-0.2, -0.15) is 0 Å². The van der Waals surface area contributed by atoms with E-state index in [1.54, 1.807) is 0 Å². The Morgan fingerprint density at radius 2 is 1.86 bits per heavy atom. The molecular weight excluding hydrogens is 523 g/mol. The Morgan fingerprint density at radius 1 is 1.11 bits per heavy atom. The highest BCUT2D eigenvalue weighted by Gasteiger charge is 2.29. The molecule has 7 nitrogen and oxygen atoms in total. The number of hydrogen-bond donors (Lipinski definition) is 2. The molecule has 1 heterocycles. The molecule has 190 valence electrons. The lowest BCUT2D eigenvalue weighted by atomic mass is 10.1. The third-order valence-electron chi connectivity index (χ3n) is 5.59. The molecule has 0 bridgehead atoms. The summed E-state index contributed by atoms with van der Waals surface area (Å²) in [5.74, 6) is -3.23. The van der Waals surface area contributed by atoms with Gasteiger partial charge < -0.3 is 10.6 Å². The third-order valence-corrected chi connectivity index (χ3v) is 7.31. The van der Waals surface area contributed by atoms with Crippen LogP contribution in [0.3, 0.4) is 0 Å². The molecule has 0 unspecified atom stereocenters. The highest BCUT2D eigenvalue weighted by molar-refractivity contribution is 7.90. The lowest BCUT2D eigenvalue weighted by molar-refractivity contribution is -0.123. The molecule has 0 radical (unpaired) electrons. The van der Waals surface area contributed by atoms with Crippen LogP contribution >= 0.6 is 23.2 Å². The van der Waals surface area contributed by atoms with Gasteiger partial charge in [0.15, 0.2) is 11.6 Å². The molecule has 2 aromatic carbocycles. The Hall–Kier alpha value is -2.27. The van der Waals surface area contributed by atoms with Crippen molar-refractivity contribution in [2.45, 2.75) is 31.5 Å². The van der Waals surface area contributed by atoms with Crippen LogP contribution in [0, 0.1) is 11.6 Å². The van der Waals surface area contributed by atoms with Crippen molar-refractivity contribution in [1.29, 1.82) is 0 Å². The minimum atomic E-state index is -3.38. The van der Waals surface area contributed by atoms with Gasteiger partial charge >= 0.3 is 0 Å². The predicted octanol–water partition coefficient (Wildman–Crippen LogP) is 3.20. The number of halogens is 4. The maximum atomic E-state index is 13.5. The number of amides is 2. The van der Waals surface area contributed by atoms with Crippen molar-refractivity contribution < 1.29 is 26.8 Å². The second kappa shape index (κ2) is 11.6. The molecule has 2 atom stereocenters. The first kappa shape index (κ1) is 27.3. The highest BCUT2D eigenvalue weighted by atomic mass is 35.5. The summed E-state index contributed by atoms with van der Waals surface area (Å²) in [7, 11) is -3.38. The molecule has 2 aromatic rings. The largest absolute Gasteiger partial charge is 0.350 e. The average molecular weight is 548 g/mol. The third kappa shape index (κ3) is 8.13. The van der Waals surface area contributed by atoms with Gasteiger partial charge in [-0.25, -0.2) is 17.2 Å². The van der Waals surface area contributed by atoms with Gasteiger partial charge in [-0.1, -0.05) is 29.3 Å². The summed E-state index contributed by atoms with van der Waals surface area (Å²) >= 11 is 11.8. The van der Waals surface area contributed by atoms with E-state index in [9.17, 15) is 26.8 Å². The maximum Gasteiger partial charge on any atom is 0.251 e. The van der Waals surface area contributed by atoms with Gasteiger partial charge in [0.1, 0.15) is 15.9 Å². The Balaban J connectivity index is 1.62. The topological polar surface area (TPSA) is 95.6 Å². The Labute approximate surface area is 212 Å². The van der Waals surface area contributed by atoms with Crippen LogP contribution in [0.1, 0.15) is 28.8 Å². The molecule has 35 heavy (non-hydrogen) atoms. The quantitative estimate of drug-likeness (QED) is 0.502. The van der Waals surface area contributed by atoms with Crippen molar-refractivity contribution in [3.8, 4) is 0 Å². The standard InChI is InChI=1S/C23H25Cl2F2N3O4S/c1-35(33,34)9-7-21(29-22(31)15-3-4-17(24)18(25)11-15)23(32)28-16-6-8-30(13-16)12-14-2-5-19(26)20(27)10-14/h2-5,10-11,16,21H,6-9,12-13H2,1H3,(H,28,32)(H,29,31)/t16-,21+/m1/s1. The number of likely N-dealkylation sites (tertiary alicyclic amines) is 1. The van der Waals surface area contributed by atoms with Gasteiger partial charge in [0.2, 0.25) is 5.91 Å². The van der Waals surface area contributed by atoms with E-state index < -0.39 is 39.3 Å². The van der Waals surface area contributed by atoms with Crippen LogP contribution in [0.2, 0.25) is 10.0 Å². The molecule has 12 heteroatoms. The summed E-state index contributed by atoms with van der Waals surface area (Å²) in [6.45, 7) is 1.47. The van der Waals surface area contributed by atoms with E-state index in [4.69, 9.17) is 23.2 Å². The second-order valence-electron chi connectivity index (χ2n) is 8.55. The molecule has 1 aliphatic heterocycles. The molecule has 2 amide bonds. The molecule has 1 saturated heterocycles. The molecule has 1 aliphatic rings. The average Bonchev–Trinajstić information content (AvgIpc) is 3.21. The van der Waals surface area contributed by atoms with Crippen LogP contribution in [0.4, 0.5) is 8.78 Å². The van der Waals surface area contributed by atoms with E-state index in [-0.39, 0.29) is 33.8 Å². The van der Waals surface area contributed by atoms with Gasteiger partial charge in [-0.3, -0.25) is 14.5 Å². The van der Waals surface area contributed by atoms with E-state index in [1.807, 2.05) is 4.90 Å². The summed E-state index contributed by atoms with van der Waals surface area (Å²) in [5, 5.41) is 5.88. The van der Waals surface area contributed by atoms with Crippen LogP contribution < -0.4 is 10.6 Å². The number of carbonyl (C=O) groups excluding carboxylic acids is 2. The van der Waals surface area contributed by atoms with Crippen LogP contribution in [0.15, 0.2) is 36.4 Å². The molecule has 0 saturated carbocycles. The zero-order chi connectivity index (χ0) is 25.8. The number of hydrogen-bond acceptors (Lipinski definition) is 5. The SMILES string of the molecule is CS(=O)(=O)CC[C@H](NC(=O)c1ccc(Cl)c(Cl)c1)C(=O)N[C@@H]1CCN(Cc2ccc(F)c(F)c2)C1. The zero-order valence-electron chi connectivity index (χ0n) is 18.9. The lowest BCUT2D eigenvalue weighted by Crippen LogP contribution is -2.50. The van der Waals surface area contributed by atoms with Crippen molar-refractivity contribution in [3.05, 3.63) is 69.2 Å². The number of sulfone groups is 1. The first-order valence-electron chi connectivity index (χ1n) is 10.8. The van der Waals surface area contributed by atoms with Crippen molar-refractivity contribution in [3.63, 3.8) is 0 Å². The fourth-order valence-electron chi connectivity index (χ4n) is 3.77. The van der Waals surface area contributed by atoms with Gasteiger partial charge in [-0.15, -0.1) is 0 Å². The Bertz CT molecular complexity index is 1210. The first-order chi connectivity index (χ1) is 16.4. The van der Waals surface area contributed by atoms with Crippen LogP contribution in [-0.4, -0.2) is 62.3 Å².